The topological polar surface area (TPSA) is 86.8 Å². The van der Waals surface area contributed by atoms with Crippen LogP contribution in [0, 0.1) is 5.92 Å². The van der Waals surface area contributed by atoms with Crippen molar-refractivity contribution in [2.24, 2.45) is 5.92 Å². The lowest BCUT2D eigenvalue weighted by Gasteiger charge is -2.33. The van der Waals surface area contributed by atoms with Gasteiger partial charge >= 0.3 is 0 Å². The summed E-state index contributed by atoms with van der Waals surface area (Å²) < 4.78 is 27.4. The number of nitrogens with one attached hydrogen (secondary N) is 1. The lowest BCUT2D eigenvalue weighted by Crippen LogP contribution is -2.53. The van der Waals surface area contributed by atoms with Crippen molar-refractivity contribution < 1.29 is 18.0 Å². The Balaban J connectivity index is 2.01. The molecule has 0 bridgehead atoms. The lowest BCUT2D eigenvalue weighted by molar-refractivity contribution is -0.141. The molecule has 0 radical (unpaired) electrons. The average Bonchev–Trinajstić information content (AvgIpc) is 2.91. The van der Waals surface area contributed by atoms with Gasteiger partial charge in [-0.2, -0.15) is 4.31 Å². The number of rotatable bonds is 12. The number of carbonyl (C=O) groups excluding carboxylic acids is 2. The SMILES string of the molecule is CC(C)CNC(=O)C(Cc1ccccc1)N(Cc1c(Cl)cccc1Cl)C(=O)CN(C)S(=O)(=O)c1ccc(Cl)cc1. The van der Waals surface area contributed by atoms with Gasteiger partial charge in [0.2, 0.25) is 21.8 Å². The molecule has 0 fully saturated rings. The van der Waals surface area contributed by atoms with Crippen LogP contribution in [0.5, 0.6) is 0 Å². The van der Waals surface area contributed by atoms with Crippen LogP contribution >= 0.6 is 34.8 Å². The Morgan fingerprint density at radius 2 is 1.48 bits per heavy atom. The molecule has 0 aliphatic heterocycles. The van der Waals surface area contributed by atoms with E-state index in [-0.39, 0.29) is 29.7 Å². The molecule has 0 heterocycles. The quantitative estimate of drug-likeness (QED) is 0.281. The van der Waals surface area contributed by atoms with Gasteiger partial charge in [-0.25, -0.2) is 8.42 Å². The van der Waals surface area contributed by atoms with Gasteiger partial charge in [0.15, 0.2) is 0 Å². The van der Waals surface area contributed by atoms with Gasteiger partial charge in [-0.05, 0) is 47.9 Å². The van der Waals surface area contributed by atoms with E-state index in [2.05, 4.69) is 5.32 Å². The van der Waals surface area contributed by atoms with Crippen molar-refractivity contribution >= 4 is 56.6 Å². The highest BCUT2D eigenvalue weighted by Crippen LogP contribution is 2.27. The third-order valence-corrected chi connectivity index (χ3v) is 9.00. The first-order valence-electron chi connectivity index (χ1n) is 12.7. The fourth-order valence-corrected chi connectivity index (χ4v) is 5.75. The molecule has 0 spiro atoms. The highest BCUT2D eigenvalue weighted by atomic mass is 35.5. The maximum absolute atomic E-state index is 13.9. The van der Waals surface area contributed by atoms with Crippen molar-refractivity contribution in [1.82, 2.24) is 14.5 Å². The van der Waals surface area contributed by atoms with Crippen LogP contribution < -0.4 is 5.32 Å². The third-order valence-electron chi connectivity index (χ3n) is 6.23. The van der Waals surface area contributed by atoms with Gasteiger partial charge in [0.25, 0.3) is 0 Å². The van der Waals surface area contributed by atoms with E-state index in [1.165, 1.54) is 36.2 Å². The van der Waals surface area contributed by atoms with Gasteiger partial charge in [0.05, 0.1) is 11.4 Å². The number of sulfonamides is 1. The standard InChI is InChI=1S/C29H32Cl3N3O4S/c1-20(2)17-33-29(37)27(16-21-8-5-4-6-9-21)35(18-24-25(31)10-7-11-26(24)32)28(36)19-34(3)40(38,39)23-14-12-22(30)13-15-23/h4-15,20,27H,16-19H2,1-3H3,(H,33,37). The molecule has 0 saturated heterocycles. The van der Waals surface area contributed by atoms with Crippen LogP contribution in [0.1, 0.15) is 25.0 Å². The Hall–Kier alpha value is -2.62. The number of hydrogen-bond donors (Lipinski definition) is 1. The number of carbonyl (C=O) groups is 2. The summed E-state index contributed by atoms with van der Waals surface area (Å²) in [7, 11) is -2.71. The molecule has 0 aromatic heterocycles. The smallest absolute Gasteiger partial charge is 0.243 e. The van der Waals surface area contributed by atoms with Gasteiger partial charge < -0.3 is 10.2 Å². The second kappa shape index (κ2) is 14.3. The molecule has 214 valence electrons. The summed E-state index contributed by atoms with van der Waals surface area (Å²) in [4.78, 5) is 28.8. The summed E-state index contributed by atoms with van der Waals surface area (Å²) in [6, 6.07) is 19.0. The third kappa shape index (κ3) is 8.44. The van der Waals surface area contributed by atoms with Gasteiger partial charge in [-0.3, -0.25) is 9.59 Å². The van der Waals surface area contributed by atoms with E-state index < -0.39 is 28.5 Å². The zero-order valence-electron chi connectivity index (χ0n) is 22.5. The number of halogens is 3. The van der Waals surface area contributed by atoms with Crippen molar-refractivity contribution in [1.29, 1.82) is 0 Å². The Bertz CT molecular complexity index is 1400. The predicted molar refractivity (Wildman–Crippen MR) is 160 cm³/mol. The maximum atomic E-state index is 13.9. The maximum Gasteiger partial charge on any atom is 0.243 e. The summed E-state index contributed by atoms with van der Waals surface area (Å²) in [6.07, 6.45) is 0.201. The largest absolute Gasteiger partial charge is 0.354 e. The molecule has 0 saturated carbocycles. The number of amides is 2. The van der Waals surface area contributed by atoms with Gasteiger partial charge in [0, 0.05) is 47.2 Å². The van der Waals surface area contributed by atoms with Crippen LogP contribution in [0.3, 0.4) is 0 Å². The van der Waals surface area contributed by atoms with Gasteiger partial charge in [-0.15, -0.1) is 0 Å². The van der Waals surface area contributed by atoms with Crippen molar-refractivity contribution in [2.45, 2.75) is 37.8 Å². The molecule has 2 amide bonds. The van der Waals surface area contributed by atoms with Gasteiger partial charge in [0.1, 0.15) is 6.04 Å². The van der Waals surface area contributed by atoms with Crippen LogP contribution in [0.4, 0.5) is 0 Å². The van der Waals surface area contributed by atoms with E-state index in [0.717, 1.165) is 9.87 Å². The summed E-state index contributed by atoms with van der Waals surface area (Å²) >= 11 is 18.8. The molecular weight excluding hydrogens is 593 g/mol. The summed E-state index contributed by atoms with van der Waals surface area (Å²) in [5.74, 6) is -0.770. The zero-order valence-corrected chi connectivity index (χ0v) is 25.6. The van der Waals surface area contributed by atoms with Crippen molar-refractivity contribution in [2.75, 3.05) is 20.1 Å². The Morgan fingerprint density at radius 3 is 2.05 bits per heavy atom. The molecule has 3 aromatic carbocycles. The molecule has 1 N–H and O–H groups in total. The lowest BCUT2D eigenvalue weighted by atomic mass is 10.0. The van der Waals surface area contributed by atoms with Crippen LogP contribution in [-0.4, -0.2) is 55.6 Å². The minimum Gasteiger partial charge on any atom is -0.354 e. The second-order valence-electron chi connectivity index (χ2n) is 9.78. The molecule has 7 nitrogen and oxygen atoms in total. The Kier molecular flexibility index (Phi) is 11.4. The molecule has 3 aromatic rings. The molecule has 0 aliphatic carbocycles. The minimum atomic E-state index is -4.03. The molecule has 0 aliphatic rings. The zero-order chi connectivity index (χ0) is 29.4. The molecule has 1 atom stereocenters. The van der Waals surface area contributed by atoms with Crippen LogP contribution in [-0.2, 0) is 32.6 Å². The second-order valence-corrected chi connectivity index (χ2v) is 13.1. The first-order valence-corrected chi connectivity index (χ1v) is 15.2. The fourth-order valence-electron chi connectivity index (χ4n) is 3.98. The summed E-state index contributed by atoms with van der Waals surface area (Å²) in [5.41, 5.74) is 1.29. The van der Waals surface area contributed by atoms with Crippen LogP contribution in [0.15, 0.2) is 77.7 Å². The van der Waals surface area contributed by atoms with E-state index >= 15 is 0 Å². The molecule has 11 heteroatoms. The molecule has 1 unspecified atom stereocenters. The molecule has 3 rings (SSSR count). The van der Waals surface area contributed by atoms with Gasteiger partial charge in [-0.1, -0.05) is 85.0 Å². The summed E-state index contributed by atoms with van der Waals surface area (Å²) in [6.45, 7) is 3.73. The number of nitrogens with zero attached hydrogens (tertiary/aromatic N) is 2. The number of benzene rings is 3. The van der Waals surface area contributed by atoms with E-state index in [9.17, 15) is 18.0 Å². The average molecular weight is 625 g/mol. The van der Waals surface area contributed by atoms with E-state index in [0.29, 0.717) is 27.2 Å². The number of hydrogen-bond acceptors (Lipinski definition) is 4. The van der Waals surface area contributed by atoms with Crippen molar-refractivity contribution in [3.8, 4) is 0 Å². The fraction of sp³-hybridized carbons (Fsp3) is 0.310. The van der Waals surface area contributed by atoms with Crippen molar-refractivity contribution in [3.63, 3.8) is 0 Å². The van der Waals surface area contributed by atoms with E-state index in [4.69, 9.17) is 34.8 Å². The van der Waals surface area contributed by atoms with Crippen molar-refractivity contribution in [3.05, 3.63) is 99.0 Å². The summed E-state index contributed by atoms with van der Waals surface area (Å²) in [5, 5.41) is 3.96. The van der Waals surface area contributed by atoms with E-state index in [1.807, 2.05) is 44.2 Å². The predicted octanol–water partition coefficient (Wildman–Crippen LogP) is 5.68. The van der Waals surface area contributed by atoms with Crippen LogP contribution in [0.2, 0.25) is 15.1 Å². The monoisotopic (exact) mass is 623 g/mol. The molecular formula is C29H32Cl3N3O4S. The van der Waals surface area contributed by atoms with Crippen LogP contribution in [0.25, 0.3) is 0 Å². The Morgan fingerprint density at radius 1 is 0.875 bits per heavy atom. The first kappa shape index (κ1) is 31.9. The Labute approximate surface area is 251 Å². The normalized spacial score (nSPS) is 12.4. The first-order chi connectivity index (χ1) is 18.9. The minimum absolute atomic E-state index is 0.0107. The molecule has 40 heavy (non-hydrogen) atoms. The van der Waals surface area contributed by atoms with E-state index in [1.54, 1.807) is 18.2 Å². The number of likely N-dealkylation sites (N-methyl/N-ethyl adjacent to an activating group) is 1. The highest BCUT2D eigenvalue weighted by molar-refractivity contribution is 7.89. The highest BCUT2D eigenvalue weighted by Gasteiger charge is 2.33.